The van der Waals surface area contributed by atoms with Crippen LogP contribution in [-0.4, -0.2) is 16.1 Å². The molecule has 0 aliphatic rings. The number of fused-ring (bicyclic) bond motifs is 1. The summed E-state index contributed by atoms with van der Waals surface area (Å²) in [5.41, 5.74) is 5.41. The molecule has 116 valence electrons. The molecular weight excluding hydrogens is 288 g/mol. The first-order valence-electron chi connectivity index (χ1n) is 7.43. The summed E-state index contributed by atoms with van der Waals surface area (Å²) in [5.74, 6) is -0.230. The van der Waals surface area contributed by atoms with Crippen molar-refractivity contribution in [3.05, 3.63) is 64.7 Å². The molecule has 0 aliphatic heterocycles. The number of carbonyl (C=O) groups is 1. The van der Waals surface area contributed by atoms with Crippen LogP contribution in [0.5, 0.6) is 0 Å². The zero-order valence-electron chi connectivity index (χ0n) is 13.3. The van der Waals surface area contributed by atoms with Crippen LogP contribution in [0.1, 0.15) is 27.0 Å². The average Bonchev–Trinajstić information content (AvgIpc) is 2.49. The fourth-order valence-corrected chi connectivity index (χ4v) is 2.79. The van der Waals surface area contributed by atoms with Crippen LogP contribution >= 0.6 is 0 Å². The van der Waals surface area contributed by atoms with Gasteiger partial charge in [0, 0.05) is 11.1 Å². The van der Waals surface area contributed by atoms with Crippen molar-refractivity contribution < 1.29 is 9.90 Å². The van der Waals surface area contributed by atoms with Crippen molar-refractivity contribution in [3.8, 4) is 0 Å². The molecule has 3 aromatic rings. The van der Waals surface area contributed by atoms with E-state index in [1.807, 2.05) is 12.1 Å². The number of aromatic nitrogens is 1. The van der Waals surface area contributed by atoms with Crippen molar-refractivity contribution in [1.29, 1.82) is 0 Å². The molecule has 1 aromatic heterocycles. The zero-order chi connectivity index (χ0) is 16.6. The highest BCUT2D eigenvalue weighted by molar-refractivity contribution is 5.90. The number of pyridine rings is 1. The largest absolute Gasteiger partial charge is 0.478 e. The van der Waals surface area contributed by atoms with Gasteiger partial charge in [-0.2, -0.15) is 0 Å². The number of rotatable bonds is 3. The van der Waals surface area contributed by atoms with E-state index in [0.29, 0.717) is 11.5 Å². The van der Waals surface area contributed by atoms with E-state index in [1.165, 1.54) is 5.56 Å². The number of benzene rings is 2. The minimum absolute atomic E-state index is 0.249. The summed E-state index contributed by atoms with van der Waals surface area (Å²) in [7, 11) is 0. The smallest absolute Gasteiger partial charge is 0.335 e. The molecule has 23 heavy (non-hydrogen) atoms. The Morgan fingerprint density at radius 3 is 2.57 bits per heavy atom. The third-order valence-electron chi connectivity index (χ3n) is 3.84. The molecule has 2 N–H and O–H groups in total. The van der Waals surface area contributed by atoms with Crippen LogP contribution in [0.4, 0.5) is 11.5 Å². The van der Waals surface area contributed by atoms with Gasteiger partial charge >= 0.3 is 5.97 Å². The summed E-state index contributed by atoms with van der Waals surface area (Å²) in [5, 5.41) is 13.4. The summed E-state index contributed by atoms with van der Waals surface area (Å²) in [6, 6.07) is 13.0. The van der Waals surface area contributed by atoms with Gasteiger partial charge in [-0.05, 0) is 62.2 Å². The van der Waals surface area contributed by atoms with Gasteiger partial charge in [-0.25, -0.2) is 9.78 Å². The van der Waals surface area contributed by atoms with E-state index in [9.17, 15) is 4.79 Å². The van der Waals surface area contributed by atoms with Crippen LogP contribution in [0.15, 0.2) is 42.5 Å². The first-order chi connectivity index (χ1) is 10.9. The number of nitrogens with zero attached hydrogens (tertiary/aromatic N) is 1. The van der Waals surface area contributed by atoms with Crippen LogP contribution in [0.25, 0.3) is 10.9 Å². The van der Waals surface area contributed by atoms with Gasteiger partial charge in [-0.3, -0.25) is 0 Å². The molecule has 0 atom stereocenters. The maximum absolute atomic E-state index is 11.1. The van der Waals surface area contributed by atoms with Crippen LogP contribution in [-0.2, 0) is 0 Å². The highest BCUT2D eigenvalue weighted by Gasteiger charge is 2.08. The number of aromatic carboxylic acids is 1. The first kappa shape index (κ1) is 15.0. The monoisotopic (exact) mass is 306 g/mol. The van der Waals surface area contributed by atoms with Gasteiger partial charge in [0.15, 0.2) is 0 Å². The lowest BCUT2D eigenvalue weighted by molar-refractivity contribution is 0.0697. The fraction of sp³-hybridized carbons (Fsp3) is 0.158. The Hall–Kier alpha value is -2.88. The molecule has 0 unspecified atom stereocenters. The number of carboxylic acids is 1. The number of nitrogens with one attached hydrogen (secondary N) is 1. The number of hydrogen-bond acceptors (Lipinski definition) is 3. The predicted molar refractivity (Wildman–Crippen MR) is 92.6 cm³/mol. The average molecular weight is 306 g/mol. The van der Waals surface area contributed by atoms with Gasteiger partial charge in [-0.15, -0.1) is 0 Å². The second-order valence-corrected chi connectivity index (χ2v) is 5.81. The number of carboxylic acid groups (broad SMARTS) is 1. The minimum atomic E-state index is -0.942. The van der Waals surface area contributed by atoms with Gasteiger partial charge < -0.3 is 10.4 Å². The molecule has 0 saturated heterocycles. The second-order valence-electron chi connectivity index (χ2n) is 5.81. The van der Waals surface area contributed by atoms with Crippen LogP contribution in [0.3, 0.4) is 0 Å². The lowest BCUT2D eigenvalue weighted by atomic mass is 10.0. The second kappa shape index (κ2) is 5.72. The Labute approximate surface area is 134 Å². The maximum atomic E-state index is 11.1. The van der Waals surface area contributed by atoms with E-state index in [1.54, 1.807) is 18.2 Å². The van der Waals surface area contributed by atoms with Crippen molar-refractivity contribution in [3.63, 3.8) is 0 Å². The summed E-state index contributed by atoms with van der Waals surface area (Å²) >= 11 is 0. The Morgan fingerprint density at radius 2 is 1.83 bits per heavy atom. The third-order valence-corrected chi connectivity index (χ3v) is 3.84. The SMILES string of the molecule is Cc1cc(C)c2nc(Nc3cccc(C(=O)O)c3)cc(C)c2c1. The lowest BCUT2D eigenvalue weighted by Crippen LogP contribution is -2.00. The van der Waals surface area contributed by atoms with Crippen LogP contribution in [0, 0.1) is 20.8 Å². The van der Waals surface area contributed by atoms with Gasteiger partial charge in [0.2, 0.25) is 0 Å². The molecule has 0 spiro atoms. The summed E-state index contributed by atoms with van der Waals surface area (Å²) < 4.78 is 0. The summed E-state index contributed by atoms with van der Waals surface area (Å²) in [4.78, 5) is 15.8. The quantitative estimate of drug-likeness (QED) is 0.742. The molecule has 4 nitrogen and oxygen atoms in total. The van der Waals surface area contributed by atoms with Gasteiger partial charge in [0.1, 0.15) is 5.82 Å². The van der Waals surface area contributed by atoms with Crippen molar-refractivity contribution >= 4 is 28.4 Å². The standard InChI is InChI=1S/C19H18N2O2/c1-11-7-13(3)18-16(8-11)12(2)9-17(21-18)20-15-6-4-5-14(10-15)19(22)23/h4-10H,1-3H3,(H,20,21)(H,22,23). The normalized spacial score (nSPS) is 10.7. The first-order valence-corrected chi connectivity index (χ1v) is 7.43. The van der Waals surface area contributed by atoms with E-state index in [4.69, 9.17) is 5.11 Å². The van der Waals surface area contributed by atoms with Crippen LogP contribution in [0.2, 0.25) is 0 Å². The molecule has 4 heteroatoms. The molecule has 1 heterocycles. The fourth-order valence-electron chi connectivity index (χ4n) is 2.79. The molecule has 2 aromatic carbocycles. The van der Waals surface area contributed by atoms with E-state index < -0.39 is 5.97 Å². The van der Waals surface area contributed by atoms with Crippen LogP contribution < -0.4 is 5.32 Å². The molecule has 0 amide bonds. The number of hydrogen-bond donors (Lipinski definition) is 2. The number of anilines is 2. The van der Waals surface area contributed by atoms with Gasteiger partial charge in [-0.1, -0.05) is 17.7 Å². The topological polar surface area (TPSA) is 62.2 Å². The van der Waals surface area contributed by atoms with Crippen molar-refractivity contribution in [1.82, 2.24) is 4.98 Å². The molecule has 0 radical (unpaired) electrons. The number of aryl methyl sites for hydroxylation is 3. The van der Waals surface area contributed by atoms with Crippen molar-refractivity contribution in [2.45, 2.75) is 20.8 Å². The van der Waals surface area contributed by atoms with Crippen molar-refractivity contribution in [2.75, 3.05) is 5.32 Å². The van der Waals surface area contributed by atoms with Gasteiger partial charge in [0.05, 0.1) is 11.1 Å². The highest BCUT2D eigenvalue weighted by Crippen LogP contribution is 2.26. The van der Waals surface area contributed by atoms with Crippen molar-refractivity contribution in [2.24, 2.45) is 0 Å². The van der Waals surface area contributed by atoms with E-state index in [2.05, 4.69) is 43.2 Å². The molecule has 0 bridgehead atoms. The lowest BCUT2D eigenvalue weighted by Gasteiger charge is -2.12. The van der Waals surface area contributed by atoms with E-state index in [-0.39, 0.29) is 5.56 Å². The molecule has 0 aliphatic carbocycles. The molecular formula is C19H18N2O2. The highest BCUT2D eigenvalue weighted by atomic mass is 16.4. The van der Waals surface area contributed by atoms with E-state index in [0.717, 1.165) is 22.0 Å². The summed E-state index contributed by atoms with van der Waals surface area (Å²) in [6.07, 6.45) is 0. The molecule has 0 fully saturated rings. The Bertz CT molecular complexity index is 917. The Balaban J connectivity index is 2.04. The van der Waals surface area contributed by atoms with Gasteiger partial charge in [0.25, 0.3) is 0 Å². The predicted octanol–water partition coefficient (Wildman–Crippen LogP) is 4.60. The third kappa shape index (κ3) is 3.01. The molecule has 3 rings (SSSR count). The maximum Gasteiger partial charge on any atom is 0.335 e. The zero-order valence-corrected chi connectivity index (χ0v) is 13.3. The Morgan fingerprint density at radius 1 is 1.04 bits per heavy atom. The summed E-state index contributed by atoms with van der Waals surface area (Å²) in [6.45, 7) is 6.19. The molecule has 0 saturated carbocycles. The Kier molecular flexibility index (Phi) is 3.74. The van der Waals surface area contributed by atoms with E-state index >= 15 is 0 Å². The minimum Gasteiger partial charge on any atom is -0.478 e.